The maximum Gasteiger partial charge on any atom is 0.329 e. The van der Waals surface area contributed by atoms with E-state index in [1.165, 1.54) is 18.2 Å². The molecule has 0 spiro atoms. The van der Waals surface area contributed by atoms with Crippen molar-refractivity contribution in [1.29, 1.82) is 0 Å². The number of benzene rings is 2. The van der Waals surface area contributed by atoms with Gasteiger partial charge in [0.05, 0.1) is 0 Å². The molecule has 1 aromatic heterocycles. The van der Waals surface area contributed by atoms with Crippen molar-refractivity contribution < 1.29 is 23.2 Å². The number of hydrogen-bond donors (Lipinski definition) is 2. The molecule has 4 amide bonds. The van der Waals surface area contributed by atoms with E-state index in [1.807, 2.05) is 19.1 Å². The minimum Gasteiger partial charge on any atom is -0.457 e. The van der Waals surface area contributed by atoms with Gasteiger partial charge >= 0.3 is 6.03 Å². The molecule has 0 radical (unpaired) electrons. The number of carbonyl (C=O) groups is 3. The summed E-state index contributed by atoms with van der Waals surface area (Å²) in [6.07, 6.45) is 1.38. The van der Waals surface area contributed by atoms with Crippen molar-refractivity contribution in [3.05, 3.63) is 83.5 Å². The van der Waals surface area contributed by atoms with Crippen molar-refractivity contribution in [2.45, 2.75) is 6.92 Å². The highest BCUT2D eigenvalue weighted by atomic mass is 19.1. The van der Waals surface area contributed by atoms with Crippen LogP contribution in [0.3, 0.4) is 0 Å². The fraction of sp³-hybridized carbons (Fsp3) is 0.0870. The number of amides is 4. The van der Waals surface area contributed by atoms with E-state index in [0.29, 0.717) is 22.8 Å². The Balaban J connectivity index is 1.44. The average molecular weight is 419 g/mol. The second-order valence-electron chi connectivity index (χ2n) is 7.00. The molecule has 0 saturated carbocycles. The Morgan fingerprint density at radius 2 is 1.77 bits per heavy atom. The number of nitrogens with zero attached hydrogens (tertiary/aromatic N) is 1. The van der Waals surface area contributed by atoms with Crippen LogP contribution in [0.1, 0.15) is 11.3 Å². The molecule has 31 heavy (non-hydrogen) atoms. The van der Waals surface area contributed by atoms with Crippen LogP contribution in [-0.4, -0.2) is 29.3 Å². The first-order valence-corrected chi connectivity index (χ1v) is 9.46. The molecular weight excluding hydrogens is 401 g/mol. The third-order valence-electron chi connectivity index (χ3n) is 4.64. The van der Waals surface area contributed by atoms with Crippen LogP contribution >= 0.6 is 0 Å². The summed E-state index contributed by atoms with van der Waals surface area (Å²) >= 11 is 0. The summed E-state index contributed by atoms with van der Waals surface area (Å²) in [5.41, 5.74) is 2.28. The monoisotopic (exact) mass is 419 g/mol. The molecule has 2 N–H and O–H groups in total. The molecule has 0 aliphatic carbocycles. The number of carbonyl (C=O) groups excluding carboxylic acids is 3. The largest absolute Gasteiger partial charge is 0.457 e. The van der Waals surface area contributed by atoms with E-state index in [9.17, 15) is 18.8 Å². The van der Waals surface area contributed by atoms with E-state index in [1.54, 1.807) is 36.4 Å². The number of rotatable bonds is 5. The zero-order valence-electron chi connectivity index (χ0n) is 16.5. The minimum absolute atomic E-state index is 0.00635. The third kappa shape index (κ3) is 4.53. The molecule has 0 atom stereocenters. The van der Waals surface area contributed by atoms with E-state index in [0.717, 1.165) is 10.5 Å². The first-order chi connectivity index (χ1) is 14.9. The molecular formula is C23H18FN3O4. The molecule has 0 bridgehead atoms. The van der Waals surface area contributed by atoms with Gasteiger partial charge in [0.1, 0.15) is 29.6 Å². The van der Waals surface area contributed by atoms with Gasteiger partial charge in [-0.15, -0.1) is 0 Å². The van der Waals surface area contributed by atoms with Gasteiger partial charge < -0.3 is 15.1 Å². The predicted molar refractivity (Wildman–Crippen MR) is 112 cm³/mol. The summed E-state index contributed by atoms with van der Waals surface area (Å²) in [7, 11) is 0. The van der Waals surface area contributed by atoms with Gasteiger partial charge in [-0.05, 0) is 55.5 Å². The highest BCUT2D eigenvalue weighted by molar-refractivity contribution is 6.15. The Kier molecular flexibility index (Phi) is 5.36. The van der Waals surface area contributed by atoms with Crippen molar-refractivity contribution in [3.63, 3.8) is 0 Å². The number of nitrogens with one attached hydrogen (secondary N) is 2. The lowest BCUT2D eigenvalue weighted by Crippen LogP contribution is -2.38. The quantitative estimate of drug-likeness (QED) is 0.484. The summed E-state index contributed by atoms with van der Waals surface area (Å²) in [5.74, 6) is -0.677. The average Bonchev–Trinajstić information content (AvgIpc) is 3.31. The Bertz CT molecular complexity index is 1180. The summed E-state index contributed by atoms with van der Waals surface area (Å²) in [6.45, 7) is 1.50. The van der Waals surface area contributed by atoms with E-state index >= 15 is 0 Å². The van der Waals surface area contributed by atoms with Crippen molar-refractivity contribution in [2.75, 3.05) is 11.9 Å². The SMILES string of the molecule is Cc1ccc(NC(=O)CN2C(=O)NC(=Cc3ccc(-c4ccc(F)cc4)o3)C2=O)cc1. The summed E-state index contributed by atoms with van der Waals surface area (Å²) in [6, 6.07) is 15.5. The van der Waals surface area contributed by atoms with Crippen molar-refractivity contribution >= 4 is 29.6 Å². The maximum atomic E-state index is 13.1. The summed E-state index contributed by atoms with van der Waals surface area (Å²) in [4.78, 5) is 37.8. The van der Waals surface area contributed by atoms with Gasteiger partial charge in [-0.3, -0.25) is 9.59 Å². The van der Waals surface area contributed by atoms with Crippen LogP contribution in [0.5, 0.6) is 0 Å². The third-order valence-corrected chi connectivity index (χ3v) is 4.64. The highest BCUT2D eigenvalue weighted by Crippen LogP contribution is 2.24. The normalized spacial score (nSPS) is 14.8. The molecule has 1 fully saturated rings. The number of furan rings is 1. The van der Waals surface area contributed by atoms with Crippen molar-refractivity contribution in [2.24, 2.45) is 0 Å². The minimum atomic E-state index is -0.694. The molecule has 3 aromatic rings. The van der Waals surface area contributed by atoms with Crippen LogP contribution in [-0.2, 0) is 9.59 Å². The lowest BCUT2D eigenvalue weighted by molar-refractivity contribution is -0.127. The van der Waals surface area contributed by atoms with E-state index in [4.69, 9.17) is 4.42 Å². The summed E-state index contributed by atoms with van der Waals surface area (Å²) < 4.78 is 18.7. The van der Waals surface area contributed by atoms with Crippen molar-refractivity contribution in [1.82, 2.24) is 10.2 Å². The topological polar surface area (TPSA) is 91.7 Å². The fourth-order valence-corrected chi connectivity index (χ4v) is 3.04. The van der Waals surface area contributed by atoms with Gasteiger partial charge in [0.15, 0.2) is 0 Å². The van der Waals surface area contributed by atoms with Crippen molar-refractivity contribution in [3.8, 4) is 11.3 Å². The molecule has 1 aliphatic rings. The second kappa shape index (κ2) is 8.27. The number of imide groups is 1. The lowest BCUT2D eigenvalue weighted by Gasteiger charge is -2.12. The Morgan fingerprint density at radius 3 is 2.48 bits per heavy atom. The number of aryl methyl sites for hydroxylation is 1. The number of urea groups is 1. The molecule has 7 nitrogen and oxygen atoms in total. The van der Waals surface area contributed by atoms with Gasteiger partial charge in [0.2, 0.25) is 5.91 Å². The molecule has 2 heterocycles. The molecule has 0 unspecified atom stereocenters. The van der Waals surface area contributed by atoms with Gasteiger partial charge in [0, 0.05) is 17.3 Å². The van der Waals surface area contributed by atoms with Crippen LogP contribution in [0.2, 0.25) is 0 Å². The Morgan fingerprint density at radius 1 is 1.06 bits per heavy atom. The smallest absolute Gasteiger partial charge is 0.329 e. The van der Waals surface area contributed by atoms with Gasteiger partial charge in [0.25, 0.3) is 5.91 Å². The number of halogens is 1. The first-order valence-electron chi connectivity index (χ1n) is 9.46. The highest BCUT2D eigenvalue weighted by Gasteiger charge is 2.35. The first kappa shape index (κ1) is 20.1. The predicted octanol–water partition coefficient (Wildman–Crippen LogP) is 3.93. The van der Waals surface area contributed by atoms with Crippen LogP contribution in [0, 0.1) is 12.7 Å². The second-order valence-corrected chi connectivity index (χ2v) is 7.00. The number of hydrogen-bond acceptors (Lipinski definition) is 4. The number of anilines is 1. The molecule has 2 aromatic carbocycles. The van der Waals surface area contributed by atoms with Crippen LogP contribution in [0.4, 0.5) is 14.9 Å². The molecule has 8 heteroatoms. The fourth-order valence-electron chi connectivity index (χ4n) is 3.04. The zero-order chi connectivity index (χ0) is 22.0. The standard InChI is InChI=1S/C23H18FN3O4/c1-14-2-8-17(9-3-14)25-21(28)13-27-22(29)19(26-23(27)30)12-18-10-11-20(31-18)15-4-6-16(24)7-5-15/h2-12H,13H2,1H3,(H,25,28)(H,26,30). The lowest BCUT2D eigenvalue weighted by atomic mass is 10.2. The van der Waals surface area contributed by atoms with E-state index in [-0.39, 0.29) is 11.5 Å². The molecule has 1 saturated heterocycles. The molecule has 1 aliphatic heterocycles. The summed E-state index contributed by atoms with van der Waals surface area (Å²) in [5, 5.41) is 5.09. The van der Waals surface area contributed by atoms with Crippen LogP contribution in [0.15, 0.2) is 70.8 Å². The van der Waals surface area contributed by atoms with Gasteiger partial charge in [-0.25, -0.2) is 14.1 Å². The van der Waals surface area contributed by atoms with Gasteiger partial charge in [-0.2, -0.15) is 0 Å². The Labute approximate surface area is 177 Å². The van der Waals surface area contributed by atoms with Crippen LogP contribution in [0.25, 0.3) is 17.4 Å². The van der Waals surface area contributed by atoms with E-state index < -0.39 is 24.4 Å². The van der Waals surface area contributed by atoms with Crippen LogP contribution < -0.4 is 10.6 Å². The maximum absolute atomic E-state index is 13.1. The Hall–Kier alpha value is -4.20. The zero-order valence-corrected chi connectivity index (χ0v) is 16.5. The molecule has 156 valence electrons. The molecule has 4 rings (SSSR count). The van der Waals surface area contributed by atoms with Gasteiger partial charge in [-0.1, -0.05) is 17.7 Å². The van der Waals surface area contributed by atoms with E-state index in [2.05, 4.69) is 10.6 Å².